The van der Waals surface area contributed by atoms with Gasteiger partial charge in [0.15, 0.2) is 0 Å². The maximum absolute atomic E-state index is 13.5. The van der Waals surface area contributed by atoms with Gasteiger partial charge in [0.05, 0.1) is 12.1 Å². The van der Waals surface area contributed by atoms with E-state index in [1.165, 1.54) is 6.07 Å². The molecular weight excluding hydrogens is 278 g/mol. The lowest BCUT2D eigenvalue weighted by atomic mass is 10.1. The molecule has 0 aliphatic rings. The number of benzene rings is 1. The predicted octanol–water partition coefficient (Wildman–Crippen LogP) is 1.89. The maximum atomic E-state index is 13.5. The molecule has 118 valence electrons. The van der Waals surface area contributed by atoms with Crippen molar-refractivity contribution in [2.45, 2.75) is 45.4 Å². The highest BCUT2D eigenvalue weighted by Gasteiger charge is 2.20. The van der Waals surface area contributed by atoms with Crippen molar-refractivity contribution in [3.63, 3.8) is 0 Å². The van der Waals surface area contributed by atoms with Crippen LogP contribution in [0.5, 0.6) is 0 Å². The van der Waals surface area contributed by atoms with E-state index >= 15 is 0 Å². The van der Waals surface area contributed by atoms with E-state index in [2.05, 4.69) is 10.6 Å². The van der Waals surface area contributed by atoms with Crippen molar-refractivity contribution in [2.75, 3.05) is 6.54 Å². The van der Waals surface area contributed by atoms with Gasteiger partial charge in [-0.25, -0.2) is 8.78 Å². The molecule has 0 aliphatic carbocycles. The number of nitrogens with one attached hydrogen (secondary N) is 2. The quantitative estimate of drug-likeness (QED) is 0.778. The Hall–Kier alpha value is -1.53. The van der Waals surface area contributed by atoms with Gasteiger partial charge in [-0.05, 0) is 33.8 Å². The highest BCUT2D eigenvalue weighted by molar-refractivity contribution is 5.81. The highest BCUT2D eigenvalue weighted by atomic mass is 19.1. The summed E-state index contributed by atoms with van der Waals surface area (Å²) in [5, 5.41) is 15.5. The van der Waals surface area contributed by atoms with Crippen LogP contribution in [-0.2, 0) is 4.79 Å². The van der Waals surface area contributed by atoms with Gasteiger partial charge in [0.2, 0.25) is 5.91 Å². The number of carbonyl (C=O) groups is 1. The van der Waals surface area contributed by atoms with E-state index in [1.54, 1.807) is 6.92 Å². The highest BCUT2D eigenvalue weighted by Crippen LogP contribution is 2.17. The molecule has 2 atom stereocenters. The standard InChI is InChI=1S/C15H22F2N2O2/c1-9(14(21)19-15(2,3)4)18-8-13(20)11-6-5-10(16)7-12(11)17/h5-7,9,13,18,20H,8H2,1-4H3,(H,19,21). The maximum Gasteiger partial charge on any atom is 0.237 e. The van der Waals surface area contributed by atoms with E-state index in [4.69, 9.17) is 0 Å². The molecule has 3 N–H and O–H groups in total. The fourth-order valence-electron chi connectivity index (χ4n) is 1.74. The van der Waals surface area contributed by atoms with Crippen molar-refractivity contribution in [3.8, 4) is 0 Å². The van der Waals surface area contributed by atoms with Crippen LogP contribution in [0.2, 0.25) is 0 Å². The van der Waals surface area contributed by atoms with Crippen molar-refractivity contribution in [3.05, 3.63) is 35.4 Å². The molecular formula is C15H22F2N2O2. The summed E-state index contributed by atoms with van der Waals surface area (Å²) in [6.45, 7) is 7.22. The fourth-order valence-corrected chi connectivity index (χ4v) is 1.74. The average molecular weight is 300 g/mol. The van der Waals surface area contributed by atoms with Gasteiger partial charge in [-0.15, -0.1) is 0 Å². The Morgan fingerprint density at radius 1 is 1.33 bits per heavy atom. The van der Waals surface area contributed by atoms with Gasteiger partial charge in [-0.2, -0.15) is 0 Å². The normalized spacial score (nSPS) is 14.6. The fraction of sp³-hybridized carbons (Fsp3) is 0.533. The molecule has 4 nitrogen and oxygen atoms in total. The summed E-state index contributed by atoms with van der Waals surface area (Å²) in [5.74, 6) is -1.72. The van der Waals surface area contributed by atoms with Gasteiger partial charge in [-0.3, -0.25) is 4.79 Å². The van der Waals surface area contributed by atoms with Gasteiger partial charge in [0.1, 0.15) is 11.6 Å². The van der Waals surface area contributed by atoms with Crippen LogP contribution in [0.3, 0.4) is 0 Å². The van der Waals surface area contributed by atoms with Crippen LogP contribution in [0.25, 0.3) is 0 Å². The summed E-state index contributed by atoms with van der Waals surface area (Å²) in [6.07, 6.45) is -1.16. The number of rotatable bonds is 5. The summed E-state index contributed by atoms with van der Waals surface area (Å²) >= 11 is 0. The summed E-state index contributed by atoms with van der Waals surface area (Å²) < 4.78 is 26.3. The molecule has 1 amide bonds. The van der Waals surface area contributed by atoms with E-state index < -0.39 is 23.8 Å². The molecule has 0 radical (unpaired) electrons. The summed E-state index contributed by atoms with van der Waals surface area (Å²) in [4.78, 5) is 11.8. The van der Waals surface area contributed by atoms with Gasteiger partial charge in [0.25, 0.3) is 0 Å². The molecule has 0 heterocycles. The Balaban J connectivity index is 2.56. The second-order valence-electron chi connectivity index (χ2n) is 6.05. The number of hydrogen-bond donors (Lipinski definition) is 3. The smallest absolute Gasteiger partial charge is 0.237 e. The molecule has 0 saturated heterocycles. The molecule has 6 heteroatoms. The third-order valence-electron chi connectivity index (χ3n) is 2.83. The minimum absolute atomic E-state index is 0.00710. The van der Waals surface area contributed by atoms with Gasteiger partial charge in [0, 0.05) is 23.7 Å². The van der Waals surface area contributed by atoms with Crippen molar-refractivity contribution < 1.29 is 18.7 Å². The van der Waals surface area contributed by atoms with Crippen LogP contribution in [0.1, 0.15) is 39.4 Å². The van der Waals surface area contributed by atoms with Crippen LogP contribution in [0.4, 0.5) is 8.78 Å². The van der Waals surface area contributed by atoms with Crippen LogP contribution < -0.4 is 10.6 Å². The Labute approximate surface area is 123 Å². The zero-order valence-electron chi connectivity index (χ0n) is 12.7. The SMILES string of the molecule is CC(NCC(O)c1ccc(F)cc1F)C(=O)NC(C)(C)C. The van der Waals surface area contributed by atoms with Crippen molar-refractivity contribution in [1.29, 1.82) is 0 Å². The Morgan fingerprint density at radius 3 is 2.48 bits per heavy atom. The summed E-state index contributed by atoms with van der Waals surface area (Å²) in [7, 11) is 0. The molecule has 1 aromatic rings. The van der Waals surface area contributed by atoms with Gasteiger partial charge in [-0.1, -0.05) is 6.07 Å². The third kappa shape index (κ3) is 5.77. The molecule has 1 aromatic carbocycles. The molecule has 21 heavy (non-hydrogen) atoms. The first-order valence-electron chi connectivity index (χ1n) is 6.78. The molecule has 0 spiro atoms. The van der Waals surface area contributed by atoms with E-state index in [0.29, 0.717) is 6.07 Å². The van der Waals surface area contributed by atoms with Gasteiger partial charge >= 0.3 is 0 Å². The lowest BCUT2D eigenvalue weighted by molar-refractivity contribution is -0.124. The Kier molecular flexibility index (Phi) is 5.80. The molecule has 0 aromatic heterocycles. The van der Waals surface area contributed by atoms with E-state index in [1.807, 2.05) is 20.8 Å². The lowest BCUT2D eigenvalue weighted by Crippen LogP contribution is -2.50. The number of halogens is 2. The predicted molar refractivity (Wildman–Crippen MR) is 76.7 cm³/mol. The second-order valence-corrected chi connectivity index (χ2v) is 6.05. The first kappa shape index (κ1) is 17.5. The monoisotopic (exact) mass is 300 g/mol. The average Bonchev–Trinajstić information content (AvgIpc) is 2.33. The molecule has 2 unspecified atom stereocenters. The van der Waals surface area contributed by atoms with Crippen LogP contribution >= 0.6 is 0 Å². The van der Waals surface area contributed by atoms with Gasteiger partial charge < -0.3 is 15.7 Å². The zero-order chi connectivity index (χ0) is 16.2. The van der Waals surface area contributed by atoms with E-state index in [-0.39, 0.29) is 23.6 Å². The van der Waals surface area contributed by atoms with Crippen LogP contribution in [-0.4, -0.2) is 29.1 Å². The molecule has 1 rings (SSSR count). The van der Waals surface area contributed by atoms with Crippen LogP contribution in [0, 0.1) is 11.6 Å². The van der Waals surface area contributed by atoms with Crippen molar-refractivity contribution >= 4 is 5.91 Å². The second kappa shape index (κ2) is 6.95. The summed E-state index contributed by atoms with van der Waals surface area (Å²) in [5.41, 5.74) is -0.360. The molecule has 0 bridgehead atoms. The minimum atomic E-state index is -1.16. The largest absolute Gasteiger partial charge is 0.387 e. The Morgan fingerprint density at radius 2 is 1.95 bits per heavy atom. The topological polar surface area (TPSA) is 61.4 Å². The van der Waals surface area contributed by atoms with Crippen LogP contribution in [0.15, 0.2) is 18.2 Å². The first-order chi connectivity index (χ1) is 9.60. The number of carbonyl (C=O) groups excluding carboxylic acids is 1. The molecule has 0 saturated carbocycles. The minimum Gasteiger partial charge on any atom is -0.387 e. The zero-order valence-corrected chi connectivity index (χ0v) is 12.7. The number of aliphatic hydroxyl groups excluding tert-OH is 1. The number of aliphatic hydroxyl groups is 1. The Bertz CT molecular complexity index is 501. The van der Waals surface area contributed by atoms with E-state index in [9.17, 15) is 18.7 Å². The third-order valence-corrected chi connectivity index (χ3v) is 2.83. The van der Waals surface area contributed by atoms with E-state index in [0.717, 1.165) is 6.07 Å². The van der Waals surface area contributed by atoms with Crippen molar-refractivity contribution in [1.82, 2.24) is 10.6 Å². The number of hydrogen-bond acceptors (Lipinski definition) is 3. The summed E-state index contributed by atoms with van der Waals surface area (Å²) in [6, 6.07) is 2.45. The molecule has 0 fully saturated rings. The number of amides is 1. The molecule has 0 aliphatic heterocycles. The first-order valence-corrected chi connectivity index (χ1v) is 6.78. The van der Waals surface area contributed by atoms with Crippen molar-refractivity contribution in [2.24, 2.45) is 0 Å². The lowest BCUT2D eigenvalue weighted by Gasteiger charge is -2.24.